The maximum atomic E-state index is 13.1. The summed E-state index contributed by atoms with van der Waals surface area (Å²) in [7, 11) is 0. The van der Waals surface area contributed by atoms with Gasteiger partial charge < -0.3 is 11.1 Å². The molecule has 3 aromatic carbocycles. The number of hydrogen-bond acceptors (Lipinski definition) is 3. The van der Waals surface area contributed by atoms with Gasteiger partial charge in [0.2, 0.25) is 0 Å². The minimum Gasteiger partial charge on any atom is -0.398 e. The Morgan fingerprint density at radius 1 is 0.885 bits per heavy atom. The molecule has 0 radical (unpaired) electrons. The van der Waals surface area contributed by atoms with Crippen LogP contribution in [0.2, 0.25) is 0 Å². The van der Waals surface area contributed by atoms with E-state index in [0.29, 0.717) is 22.4 Å². The number of nitrogen functional groups attached to an aromatic ring is 1. The standard InChI is InChI=1S/C21H17FN2O2/c22-17-11-10-16(19(23)13-17)12-20(25)14-6-8-15(9-7-14)21(26)24-18-4-2-1-3-5-18/h1-11,13H,12,23H2,(H,24,26). The van der Waals surface area contributed by atoms with Gasteiger partial charge in [-0.3, -0.25) is 9.59 Å². The molecule has 0 atom stereocenters. The molecule has 0 saturated heterocycles. The van der Waals surface area contributed by atoms with Crippen molar-refractivity contribution < 1.29 is 14.0 Å². The molecule has 0 unspecified atom stereocenters. The highest BCUT2D eigenvalue weighted by molar-refractivity contribution is 6.05. The molecule has 3 N–H and O–H groups in total. The van der Waals surface area contributed by atoms with Crippen molar-refractivity contribution in [2.45, 2.75) is 6.42 Å². The third-order valence-electron chi connectivity index (χ3n) is 3.96. The summed E-state index contributed by atoms with van der Waals surface area (Å²) in [6.07, 6.45) is 0.0711. The molecule has 0 aliphatic heterocycles. The zero-order chi connectivity index (χ0) is 18.5. The highest BCUT2D eigenvalue weighted by Crippen LogP contribution is 2.17. The molecule has 0 aromatic heterocycles. The molecule has 0 aliphatic rings. The fraction of sp³-hybridized carbons (Fsp3) is 0.0476. The monoisotopic (exact) mass is 348 g/mol. The van der Waals surface area contributed by atoms with Crippen LogP contribution in [0.3, 0.4) is 0 Å². The van der Waals surface area contributed by atoms with Crippen LogP contribution in [0.1, 0.15) is 26.3 Å². The molecule has 4 nitrogen and oxygen atoms in total. The molecule has 3 rings (SSSR count). The molecule has 1 amide bonds. The smallest absolute Gasteiger partial charge is 0.255 e. The summed E-state index contributed by atoms with van der Waals surface area (Å²) in [6, 6.07) is 19.5. The van der Waals surface area contributed by atoms with Crippen LogP contribution in [0.25, 0.3) is 0 Å². The lowest BCUT2D eigenvalue weighted by molar-refractivity contribution is 0.0989. The summed E-state index contributed by atoms with van der Waals surface area (Å²) in [5.74, 6) is -0.844. The summed E-state index contributed by atoms with van der Waals surface area (Å²) in [5, 5.41) is 2.78. The van der Waals surface area contributed by atoms with Crippen LogP contribution >= 0.6 is 0 Å². The van der Waals surface area contributed by atoms with E-state index in [2.05, 4.69) is 5.32 Å². The van der Waals surface area contributed by atoms with Gasteiger partial charge in [0.1, 0.15) is 5.82 Å². The number of halogens is 1. The summed E-state index contributed by atoms with van der Waals surface area (Å²) in [6.45, 7) is 0. The maximum Gasteiger partial charge on any atom is 0.255 e. The number of Topliss-reactive ketones (excluding diaryl/α,β-unsaturated/α-hetero) is 1. The number of nitrogens with one attached hydrogen (secondary N) is 1. The van der Waals surface area contributed by atoms with Crippen LogP contribution in [0.5, 0.6) is 0 Å². The number of para-hydroxylation sites is 1. The Hall–Kier alpha value is -3.47. The quantitative estimate of drug-likeness (QED) is 0.539. The summed E-state index contributed by atoms with van der Waals surface area (Å²) in [4.78, 5) is 24.6. The van der Waals surface area contributed by atoms with Crippen molar-refractivity contribution in [1.82, 2.24) is 0 Å². The Labute approximate surface area is 150 Å². The van der Waals surface area contributed by atoms with Crippen molar-refractivity contribution in [3.8, 4) is 0 Å². The third-order valence-corrected chi connectivity index (χ3v) is 3.96. The second-order valence-corrected chi connectivity index (χ2v) is 5.84. The van der Waals surface area contributed by atoms with Gasteiger partial charge in [-0.15, -0.1) is 0 Å². The molecule has 0 heterocycles. The van der Waals surface area contributed by atoms with E-state index >= 15 is 0 Å². The van der Waals surface area contributed by atoms with Crippen molar-refractivity contribution in [3.05, 3.63) is 95.3 Å². The van der Waals surface area contributed by atoms with Crippen LogP contribution in [0.4, 0.5) is 15.8 Å². The lowest BCUT2D eigenvalue weighted by Crippen LogP contribution is -2.12. The van der Waals surface area contributed by atoms with Gasteiger partial charge >= 0.3 is 0 Å². The minimum absolute atomic E-state index is 0.0711. The molecule has 0 saturated carbocycles. The van der Waals surface area contributed by atoms with E-state index in [0.717, 1.165) is 0 Å². The summed E-state index contributed by atoms with van der Waals surface area (Å²) >= 11 is 0. The molecular weight excluding hydrogens is 331 g/mol. The molecule has 130 valence electrons. The fourth-order valence-corrected chi connectivity index (χ4v) is 2.53. The normalized spacial score (nSPS) is 10.3. The molecule has 5 heteroatoms. The summed E-state index contributed by atoms with van der Waals surface area (Å²) in [5.41, 5.74) is 8.17. The molecule has 3 aromatic rings. The number of carbonyl (C=O) groups is 2. The second kappa shape index (κ2) is 7.61. The predicted molar refractivity (Wildman–Crippen MR) is 99.7 cm³/mol. The van der Waals surface area contributed by atoms with Gasteiger partial charge in [-0.1, -0.05) is 36.4 Å². The Balaban J connectivity index is 1.68. The molecule has 0 bridgehead atoms. The van der Waals surface area contributed by atoms with Crippen molar-refractivity contribution in [3.63, 3.8) is 0 Å². The van der Waals surface area contributed by atoms with E-state index in [1.807, 2.05) is 18.2 Å². The van der Waals surface area contributed by atoms with Crippen molar-refractivity contribution in [2.75, 3.05) is 11.1 Å². The number of carbonyl (C=O) groups excluding carboxylic acids is 2. The highest BCUT2D eigenvalue weighted by atomic mass is 19.1. The predicted octanol–water partition coefficient (Wildman–Crippen LogP) is 4.09. The van der Waals surface area contributed by atoms with E-state index in [4.69, 9.17) is 5.73 Å². The van der Waals surface area contributed by atoms with Gasteiger partial charge in [0, 0.05) is 28.9 Å². The molecule has 26 heavy (non-hydrogen) atoms. The highest BCUT2D eigenvalue weighted by Gasteiger charge is 2.12. The van der Waals surface area contributed by atoms with Crippen LogP contribution in [-0.4, -0.2) is 11.7 Å². The zero-order valence-electron chi connectivity index (χ0n) is 13.9. The Kier molecular flexibility index (Phi) is 5.08. The number of nitrogens with two attached hydrogens (primary N) is 1. The van der Waals surface area contributed by atoms with E-state index in [-0.39, 0.29) is 23.8 Å². The van der Waals surface area contributed by atoms with Crippen LogP contribution in [0.15, 0.2) is 72.8 Å². The third kappa shape index (κ3) is 4.13. The topological polar surface area (TPSA) is 72.2 Å². The largest absolute Gasteiger partial charge is 0.398 e. The maximum absolute atomic E-state index is 13.1. The lowest BCUT2D eigenvalue weighted by atomic mass is 10.0. The molecular formula is C21H17FN2O2. The number of rotatable bonds is 5. The van der Waals surface area contributed by atoms with Gasteiger partial charge in [-0.25, -0.2) is 4.39 Å². The second-order valence-electron chi connectivity index (χ2n) is 5.84. The molecule has 0 aliphatic carbocycles. The first-order chi connectivity index (χ1) is 12.5. The minimum atomic E-state index is -0.438. The van der Waals surface area contributed by atoms with E-state index < -0.39 is 5.82 Å². The average Bonchev–Trinajstić information content (AvgIpc) is 2.65. The van der Waals surface area contributed by atoms with E-state index in [9.17, 15) is 14.0 Å². The Bertz CT molecular complexity index is 938. The molecule has 0 spiro atoms. The number of benzene rings is 3. The van der Waals surface area contributed by atoms with Gasteiger partial charge in [0.05, 0.1) is 0 Å². The van der Waals surface area contributed by atoms with Gasteiger partial charge in [-0.2, -0.15) is 0 Å². The van der Waals surface area contributed by atoms with E-state index in [1.54, 1.807) is 36.4 Å². The number of amides is 1. The van der Waals surface area contributed by atoms with Crippen LogP contribution < -0.4 is 11.1 Å². The van der Waals surface area contributed by atoms with E-state index in [1.165, 1.54) is 18.2 Å². The van der Waals surface area contributed by atoms with Crippen molar-refractivity contribution in [1.29, 1.82) is 0 Å². The van der Waals surface area contributed by atoms with Gasteiger partial charge in [0.15, 0.2) is 5.78 Å². The average molecular weight is 348 g/mol. The zero-order valence-corrected chi connectivity index (χ0v) is 13.9. The number of hydrogen-bond donors (Lipinski definition) is 2. The Morgan fingerprint density at radius 3 is 2.19 bits per heavy atom. The number of ketones is 1. The molecule has 0 fully saturated rings. The van der Waals surface area contributed by atoms with Crippen molar-refractivity contribution >= 4 is 23.1 Å². The lowest BCUT2D eigenvalue weighted by Gasteiger charge is -2.07. The first-order valence-corrected chi connectivity index (χ1v) is 8.06. The summed E-state index contributed by atoms with van der Waals surface area (Å²) < 4.78 is 13.1. The SMILES string of the molecule is Nc1cc(F)ccc1CC(=O)c1ccc(C(=O)Nc2ccccc2)cc1. The Morgan fingerprint density at radius 2 is 1.54 bits per heavy atom. The van der Waals surface area contributed by atoms with Crippen LogP contribution in [0, 0.1) is 5.82 Å². The van der Waals surface area contributed by atoms with Crippen molar-refractivity contribution in [2.24, 2.45) is 0 Å². The number of anilines is 2. The van der Waals surface area contributed by atoms with Gasteiger partial charge in [0.25, 0.3) is 5.91 Å². The first kappa shape index (κ1) is 17.4. The fourth-order valence-electron chi connectivity index (χ4n) is 2.53. The van der Waals surface area contributed by atoms with Gasteiger partial charge in [-0.05, 0) is 42.0 Å². The first-order valence-electron chi connectivity index (χ1n) is 8.06. The van der Waals surface area contributed by atoms with Crippen LogP contribution in [-0.2, 0) is 6.42 Å².